The molecular weight excluding hydrogens is 704 g/mol. The summed E-state index contributed by atoms with van der Waals surface area (Å²) in [7, 11) is -3.87. The van der Waals surface area contributed by atoms with Crippen molar-refractivity contribution >= 4 is 49.8 Å². The van der Waals surface area contributed by atoms with Crippen LogP contribution in [0.3, 0.4) is 0 Å². The zero-order valence-corrected chi connectivity index (χ0v) is 30.0. The zero-order valence-electron chi connectivity index (χ0n) is 27.6. The minimum absolute atomic E-state index is 0.0299. The third-order valence-corrected chi connectivity index (χ3v) is 11.6. The average molecular weight is 750 g/mol. The summed E-state index contributed by atoms with van der Waals surface area (Å²) in [5.74, 6) is -1.84. The molecule has 1 saturated heterocycles. The van der Waals surface area contributed by atoms with Gasteiger partial charge in [-0.3, -0.25) is 19.1 Å². The molecule has 4 amide bonds. The number of nitrogens with one attached hydrogen (secondary N) is 3. The van der Waals surface area contributed by atoms with Crippen molar-refractivity contribution < 1.29 is 37.1 Å². The normalized spacial score (nSPS) is 29.1. The van der Waals surface area contributed by atoms with Crippen LogP contribution in [0.25, 0.3) is 0 Å². The van der Waals surface area contributed by atoms with Gasteiger partial charge in [-0.1, -0.05) is 61.0 Å². The molecular formula is C34H45BrN4O8S. The van der Waals surface area contributed by atoms with Gasteiger partial charge < -0.3 is 25.0 Å². The lowest BCUT2D eigenvalue weighted by atomic mass is 9.85. The molecule has 2 saturated carbocycles. The van der Waals surface area contributed by atoms with Crippen LogP contribution in [0.1, 0.15) is 71.3 Å². The van der Waals surface area contributed by atoms with E-state index in [9.17, 15) is 27.6 Å². The first kappa shape index (κ1) is 35.9. The SMILES string of the molecule is C=C[C@H]1C[C@@]1(NC(=O)[C@@H]1C[C@@H]2CN1C(=O)[C@H](C(C)(C)C)NC(=O)OCCCC/C=C\Cc1ccc(Br)cc1O2)C(=O)NS(=O)(=O)C1CC1. The number of carbonyl (C=O) groups excluding carboxylic acids is 4. The highest BCUT2D eigenvalue weighted by atomic mass is 79.9. The number of ether oxygens (including phenoxy) is 2. The fourth-order valence-corrected chi connectivity index (χ4v) is 7.92. The standard InChI is InChI=1S/C34H45BrN4O8S/c1-5-22-19-34(22,31(42)38-48(44,45)25-14-15-25)37-29(40)26-18-24-20-39(26)30(41)28(33(2,3)4)36-32(43)46-16-10-8-6-7-9-11-21-12-13-23(35)17-27(21)47-24/h5,7,9,12-13,17,22,24-26,28H,1,6,8,10-11,14-16,18-20H2,2-4H3,(H,36,43)(H,37,40)(H,38,42)/b9-7-/t22-,24+,26-,28+,34-/m0/s1. The van der Waals surface area contributed by atoms with Crippen LogP contribution in [0.15, 0.2) is 47.5 Å². The molecule has 2 bridgehead atoms. The van der Waals surface area contributed by atoms with Crippen LogP contribution in [0.4, 0.5) is 4.79 Å². The predicted molar refractivity (Wildman–Crippen MR) is 182 cm³/mol. The molecule has 2 heterocycles. The zero-order chi connectivity index (χ0) is 34.9. The number of carbonyl (C=O) groups is 4. The lowest BCUT2D eigenvalue weighted by Crippen LogP contribution is -2.60. The molecule has 48 heavy (non-hydrogen) atoms. The van der Waals surface area contributed by atoms with Gasteiger partial charge in [0.2, 0.25) is 21.8 Å². The molecule has 262 valence electrons. The summed E-state index contributed by atoms with van der Waals surface area (Å²) < 4.78 is 40.1. The molecule has 0 radical (unpaired) electrons. The Bertz CT molecular complexity index is 1590. The largest absolute Gasteiger partial charge is 0.488 e. The number of alkyl carbamates (subject to hydrolysis) is 1. The number of fused-ring (bicyclic) bond motifs is 3. The van der Waals surface area contributed by atoms with Gasteiger partial charge in [-0.25, -0.2) is 13.2 Å². The van der Waals surface area contributed by atoms with Crippen LogP contribution < -0.4 is 20.1 Å². The second kappa shape index (κ2) is 14.2. The third-order valence-electron chi connectivity index (χ3n) is 9.30. The number of sulfonamides is 1. The molecule has 14 heteroatoms. The van der Waals surface area contributed by atoms with E-state index < -0.39 is 74.1 Å². The van der Waals surface area contributed by atoms with Gasteiger partial charge in [-0.05, 0) is 68.1 Å². The van der Waals surface area contributed by atoms with Crippen LogP contribution >= 0.6 is 15.9 Å². The Morgan fingerprint density at radius 1 is 1.17 bits per heavy atom. The number of allylic oxidation sites excluding steroid dienone is 2. The van der Waals surface area contributed by atoms with Crippen molar-refractivity contribution in [2.75, 3.05) is 13.2 Å². The number of hydrogen-bond acceptors (Lipinski definition) is 8. The maximum absolute atomic E-state index is 14.3. The summed E-state index contributed by atoms with van der Waals surface area (Å²) in [6.45, 7) is 9.40. The van der Waals surface area contributed by atoms with Crippen molar-refractivity contribution in [3.8, 4) is 5.75 Å². The molecule has 2 aliphatic heterocycles. The van der Waals surface area contributed by atoms with Crippen molar-refractivity contribution in [1.29, 1.82) is 0 Å². The molecule has 5 atom stereocenters. The van der Waals surface area contributed by atoms with Crippen LogP contribution in [-0.2, 0) is 35.6 Å². The molecule has 5 rings (SSSR count). The van der Waals surface area contributed by atoms with Crippen LogP contribution in [0, 0.1) is 11.3 Å². The van der Waals surface area contributed by atoms with Gasteiger partial charge in [0.05, 0.1) is 18.4 Å². The van der Waals surface area contributed by atoms with E-state index in [4.69, 9.17) is 9.47 Å². The van der Waals surface area contributed by atoms with Gasteiger partial charge in [0, 0.05) is 16.8 Å². The Balaban J connectivity index is 1.46. The van der Waals surface area contributed by atoms with Crippen molar-refractivity contribution in [2.24, 2.45) is 11.3 Å². The first-order valence-corrected chi connectivity index (χ1v) is 18.8. The number of benzene rings is 1. The molecule has 1 aromatic carbocycles. The summed E-state index contributed by atoms with van der Waals surface area (Å²) in [6.07, 6.45) is 8.41. The van der Waals surface area contributed by atoms with E-state index in [1.807, 2.05) is 18.2 Å². The molecule has 0 aromatic heterocycles. The van der Waals surface area contributed by atoms with Crippen molar-refractivity contribution in [1.82, 2.24) is 20.3 Å². The number of cyclic esters (lactones) is 1. The lowest BCUT2D eigenvalue weighted by Gasteiger charge is -2.35. The summed E-state index contributed by atoms with van der Waals surface area (Å²) in [5, 5.41) is 4.90. The van der Waals surface area contributed by atoms with E-state index in [-0.39, 0.29) is 26.0 Å². The van der Waals surface area contributed by atoms with Gasteiger partial charge in [0.25, 0.3) is 5.91 Å². The number of rotatable bonds is 6. The van der Waals surface area contributed by atoms with E-state index in [2.05, 4.69) is 50.0 Å². The average Bonchev–Trinajstić information content (AvgIpc) is 3.94. The van der Waals surface area contributed by atoms with E-state index in [1.165, 1.54) is 11.0 Å². The van der Waals surface area contributed by atoms with Crippen molar-refractivity contribution in [2.45, 2.75) is 101 Å². The summed E-state index contributed by atoms with van der Waals surface area (Å²) in [4.78, 5) is 56.1. The summed E-state index contributed by atoms with van der Waals surface area (Å²) >= 11 is 3.52. The quantitative estimate of drug-likeness (QED) is 0.370. The number of hydrogen-bond donors (Lipinski definition) is 3. The van der Waals surface area contributed by atoms with Gasteiger partial charge >= 0.3 is 6.09 Å². The topological polar surface area (TPSA) is 160 Å². The number of amides is 4. The fourth-order valence-electron chi connectivity index (χ4n) is 6.21. The smallest absolute Gasteiger partial charge is 0.407 e. The van der Waals surface area contributed by atoms with E-state index in [1.54, 1.807) is 20.8 Å². The van der Waals surface area contributed by atoms with Crippen LogP contribution in [0.5, 0.6) is 5.75 Å². The van der Waals surface area contributed by atoms with Gasteiger partial charge in [0.1, 0.15) is 29.5 Å². The van der Waals surface area contributed by atoms with Gasteiger partial charge in [0.15, 0.2) is 0 Å². The number of nitrogens with zero attached hydrogens (tertiary/aromatic N) is 1. The second-order valence-corrected chi connectivity index (χ2v) is 17.0. The maximum atomic E-state index is 14.3. The molecule has 12 nitrogen and oxygen atoms in total. The summed E-state index contributed by atoms with van der Waals surface area (Å²) in [5.41, 5.74) is -1.35. The van der Waals surface area contributed by atoms with Crippen molar-refractivity contribution in [3.05, 3.63) is 53.0 Å². The minimum Gasteiger partial charge on any atom is -0.488 e. The Hall–Kier alpha value is -3.39. The molecule has 0 unspecified atom stereocenters. The minimum atomic E-state index is -3.87. The Morgan fingerprint density at radius 3 is 2.58 bits per heavy atom. The first-order valence-electron chi connectivity index (χ1n) is 16.5. The molecule has 0 spiro atoms. The third kappa shape index (κ3) is 8.24. The Morgan fingerprint density at radius 2 is 1.92 bits per heavy atom. The predicted octanol–water partition coefficient (Wildman–Crippen LogP) is 3.89. The maximum Gasteiger partial charge on any atom is 0.407 e. The second-order valence-electron chi connectivity index (χ2n) is 14.2. The summed E-state index contributed by atoms with van der Waals surface area (Å²) in [6, 6.07) is 3.61. The van der Waals surface area contributed by atoms with E-state index >= 15 is 0 Å². The highest BCUT2D eigenvalue weighted by molar-refractivity contribution is 9.10. The Labute approximate surface area is 290 Å². The van der Waals surface area contributed by atoms with Crippen LogP contribution in [0.2, 0.25) is 0 Å². The van der Waals surface area contributed by atoms with E-state index in [0.717, 1.165) is 22.9 Å². The first-order chi connectivity index (χ1) is 22.6. The Kier molecular flexibility index (Phi) is 10.6. The lowest BCUT2D eigenvalue weighted by molar-refractivity contribution is -0.142. The molecule has 3 N–H and O–H groups in total. The fraction of sp³-hybridized carbons (Fsp3) is 0.588. The number of halogens is 1. The highest BCUT2D eigenvalue weighted by Crippen LogP contribution is 2.45. The monoisotopic (exact) mass is 748 g/mol. The van der Waals surface area contributed by atoms with Gasteiger partial charge in [-0.15, -0.1) is 6.58 Å². The molecule has 1 aromatic rings. The van der Waals surface area contributed by atoms with Crippen LogP contribution in [-0.4, -0.2) is 79.3 Å². The molecule has 3 fully saturated rings. The molecule has 4 aliphatic rings. The molecule has 2 aliphatic carbocycles. The van der Waals surface area contributed by atoms with Gasteiger partial charge in [-0.2, -0.15) is 0 Å². The van der Waals surface area contributed by atoms with E-state index in [0.29, 0.717) is 31.4 Å². The van der Waals surface area contributed by atoms with Crippen molar-refractivity contribution in [3.63, 3.8) is 0 Å². The highest BCUT2D eigenvalue weighted by Gasteiger charge is 2.62.